The third-order valence-corrected chi connectivity index (χ3v) is 5.45. The van der Waals surface area contributed by atoms with E-state index in [4.69, 9.17) is 0 Å². The Hall–Kier alpha value is -4.49. The van der Waals surface area contributed by atoms with Gasteiger partial charge in [-0.25, -0.2) is 9.67 Å². The van der Waals surface area contributed by atoms with Gasteiger partial charge in [-0.15, -0.1) is 10.2 Å². The summed E-state index contributed by atoms with van der Waals surface area (Å²) in [6, 6.07) is 7.81. The summed E-state index contributed by atoms with van der Waals surface area (Å²) in [5.74, 6) is 1.14. The molecule has 0 saturated heterocycles. The molecule has 182 valence electrons. The first-order valence-electron chi connectivity index (χ1n) is 11.2. The molecule has 0 aliphatic rings. The minimum atomic E-state index is -0.708. The second-order valence-electron chi connectivity index (χ2n) is 7.94. The molecule has 0 radical (unpaired) electrons. The highest BCUT2D eigenvalue weighted by Gasteiger charge is 2.36. The number of aromatic nitrogens is 8. The molecule has 0 amide bonds. The average molecular weight is 480 g/mol. The van der Waals surface area contributed by atoms with Crippen molar-refractivity contribution >= 4 is 11.5 Å². The van der Waals surface area contributed by atoms with Gasteiger partial charge >= 0.3 is 11.5 Å². The molecule has 0 aliphatic carbocycles. The van der Waals surface area contributed by atoms with Crippen molar-refractivity contribution < 1.29 is 9.85 Å². The van der Waals surface area contributed by atoms with Gasteiger partial charge in [-0.1, -0.05) is 32.4 Å². The van der Waals surface area contributed by atoms with Gasteiger partial charge in [0, 0.05) is 12.8 Å². The Morgan fingerprint density at radius 2 is 1.80 bits per heavy atom. The lowest BCUT2D eigenvalue weighted by atomic mass is 10.2. The molecule has 0 fully saturated rings. The number of aromatic amines is 1. The second-order valence-corrected chi connectivity index (χ2v) is 7.94. The number of nitrogens with one attached hydrogen (secondary N) is 1. The van der Waals surface area contributed by atoms with Crippen molar-refractivity contribution in [3.05, 3.63) is 67.8 Å². The van der Waals surface area contributed by atoms with Crippen LogP contribution in [0.4, 0.5) is 11.5 Å². The number of unbranched alkanes of at least 4 members (excludes halogenated alkanes) is 1. The number of H-pyrrole nitrogens is 1. The summed E-state index contributed by atoms with van der Waals surface area (Å²) >= 11 is 0. The van der Waals surface area contributed by atoms with Crippen molar-refractivity contribution in [2.45, 2.75) is 52.5 Å². The number of aryl methyl sites for hydroxylation is 2. The third-order valence-electron chi connectivity index (χ3n) is 5.45. The first-order chi connectivity index (χ1) is 16.9. The molecule has 4 rings (SSSR count). The maximum absolute atomic E-state index is 11.7. The Morgan fingerprint density at radius 1 is 1.03 bits per heavy atom. The van der Waals surface area contributed by atoms with Crippen molar-refractivity contribution in [3.63, 3.8) is 0 Å². The van der Waals surface area contributed by atoms with Gasteiger partial charge in [0.1, 0.15) is 17.6 Å². The molecule has 0 saturated carbocycles. The highest BCUT2D eigenvalue weighted by Crippen LogP contribution is 2.37. The van der Waals surface area contributed by atoms with Crippen LogP contribution in [0, 0.1) is 20.2 Å². The molecular formula is C21H24N10O4. The number of nitrogens with zero attached hydrogens (tertiary/aromatic N) is 9. The van der Waals surface area contributed by atoms with Crippen LogP contribution in [0.2, 0.25) is 0 Å². The SMILES string of the molecule is CCCCc1nc(CCC)nn1Cc1ccc(-n2c([N+](=O)[O-])cc([N+](=O)[O-])c2-c2nn[nH]n2)cc1. The van der Waals surface area contributed by atoms with Crippen LogP contribution in [-0.4, -0.2) is 49.8 Å². The van der Waals surface area contributed by atoms with Gasteiger partial charge < -0.3 is 10.1 Å². The fourth-order valence-corrected chi connectivity index (χ4v) is 3.82. The molecule has 35 heavy (non-hydrogen) atoms. The van der Waals surface area contributed by atoms with Crippen molar-refractivity contribution in [3.8, 4) is 17.2 Å². The topological polar surface area (TPSA) is 176 Å². The van der Waals surface area contributed by atoms with Gasteiger partial charge in [0.15, 0.2) is 5.82 Å². The molecular weight excluding hydrogens is 456 g/mol. The van der Waals surface area contributed by atoms with Gasteiger partial charge in [0.25, 0.3) is 11.5 Å². The zero-order chi connectivity index (χ0) is 24.9. The van der Waals surface area contributed by atoms with E-state index in [0.29, 0.717) is 12.2 Å². The van der Waals surface area contributed by atoms with Crippen LogP contribution in [0.3, 0.4) is 0 Å². The maximum atomic E-state index is 11.7. The van der Waals surface area contributed by atoms with Gasteiger partial charge in [-0.2, -0.15) is 14.9 Å². The summed E-state index contributed by atoms with van der Waals surface area (Å²) in [5, 5.41) is 41.2. The van der Waals surface area contributed by atoms with Gasteiger partial charge in [0.05, 0.1) is 11.5 Å². The molecule has 0 bridgehead atoms. The average Bonchev–Trinajstić information content (AvgIpc) is 3.57. The second kappa shape index (κ2) is 10.2. The minimum Gasteiger partial charge on any atom is -0.358 e. The smallest absolute Gasteiger partial charge is 0.335 e. The van der Waals surface area contributed by atoms with Crippen LogP contribution in [0.25, 0.3) is 17.2 Å². The predicted octanol–water partition coefficient (Wildman–Crippen LogP) is 3.41. The van der Waals surface area contributed by atoms with Crippen LogP contribution < -0.4 is 0 Å². The van der Waals surface area contributed by atoms with E-state index in [9.17, 15) is 20.2 Å². The zero-order valence-electron chi connectivity index (χ0n) is 19.3. The molecule has 3 aromatic heterocycles. The van der Waals surface area contributed by atoms with Crippen LogP contribution in [0.15, 0.2) is 30.3 Å². The van der Waals surface area contributed by atoms with Crippen molar-refractivity contribution in [2.75, 3.05) is 0 Å². The molecule has 14 nitrogen and oxygen atoms in total. The van der Waals surface area contributed by atoms with Crippen molar-refractivity contribution in [2.24, 2.45) is 0 Å². The number of nitro groups is 2. The molecule has 0 unspecified atom stereocenters. The highest BCUT2D eigenvalue weighted by molar-refractivity contribution is 5.72. The van der Waals surface area contributed by atoms with Crippen molar-refractivity contribution in [1.82, 2.24) is 40.0 Å². The van der Waals surface area contributed by atoms with Crippen LogP contribution in [0.5, 0.6) is 0 Å². The highest BCUT2D eigenvalue weighted by atomic mass is 16.6. The fourth-order valence-electron chi connectivity index (χ4n) is 3.82. The lowest BCUT2D eigenvalue weighted by molar-refractivity contribution is -0.394. The molecule has 0 aliphatic heterocycles. The molecule has 0 atom stereocenters. The Kier molecular flexibility index (Phi) is 6.89. The molecule has 1 aromatic carbocycles. The summed E-state index contributed by atoms with van der Waals surface area (Å²) in [5.41, 5.74) is 0.633. The van der Waals surface area contributed by atoms with E-state index in [1.165, 1.54) is 0 Å². The first kappa shape index (κ1) is 23.7. The standard InChI is InChI=1S/C21H24N10O4/c1-3-5-7-18-22-17(6-4-2)25-28(18)13-14-8-10-15(11-9-14)29-19(31(34)35)12-16(30(32)33)20(29)21-23-26-27-24-21/h8-12H,3-7,13H2,1-2H3,(H,23,24,26,27). The summed E-state index contributed by atoms with van der Waals surface area (Å²) < 4.78 is 3.04. The Bertz CT molecular complexity index is 1330. The molecule has 14 heteroatoms. The number of rotatable bonds is 11. The van der Waals surface area contributed by atoms with Crippen LogP contribution >= 0.6 is 0 Å². The predicted molar refractivity (Wildman–Crippen MR) is 124 cm³/mol. The summed E-state index contributed by atoms with van der Waals surface area (Å²) in [6.45, 7) is 4.69. The number of benzene rings is 1. The van der Waals surface area contributed by atoms with E-state index in [-0.39, 0.29) is 11.5 Å². The van der Waals surface area contributed by atoms with Crippen LogP contribution in [0.1, 0.15) is 50.3 Å². The maximum Gasteiger partial charge on any atom is 0.335 e. The van der Waals surface area contributed by atoms with Gasteiger partial charge in [-0.05, 0) is 40.7 Å². The Morgan fingerprint density at radius 3 is 2.40 bits per heavy atom. The fraction of sp³-hybridized carbons (Fsp3) is 0.381. The summed E-state index contributed by atoms with van der Waals surface area (Å²) in [4.78, 5) is 26.6. The molecule has 3 heterocycles. The summed E-state index contributed by atoms with van der Waals surface area (Å²) in [7, 11) is 0. The van der Waals surface area contributed by atoms with E-state index >= 15 is 0 Å². The van der Waals surface area contributed by atoms with Crippen LogP contribution in [-0.2, 0) is 19.4 Å². The molecule has 1 N–H and O–H groups in total. The first-order valence-corrected chi connectivity index (χ1v) is 11.2. The molecule has 0 spiro atoms. The Labute approximate surface area is 199 Å². The lowest BCUT2D eigenvalue weighted by Crippen LogP contribution is -2.08. The van der Waals surface area contributed by atoms with E-state index in [2.05, 4.69) is 44.6 Å². The van der Waals surface area contributed by atoms with E-state index < -0.39 is 21.4 Å². The quantitative estimate of drug-likeness (QED) is 0.249. The van der Waals surface area contributed by atoms with Crippen molar-refractivity contribution in [1.29, 1.82) is 0 Å². The van der Waals surface area contributed by atoms with Gasteiger partial charge in [-0.3, -0.25) is 10.1 Å². The number of tetrazole rings is 1. The molecule has 4 aromatic rings. The summed E-state index contributed by atoms with van der Waals surface area (Å²) in [6.07, 6.45) is 4.66. The largest absolute Gasteiger partial charge is 0.358 e. The Balaban J connectivity index is 1.71. The van der Waals surface area contributed by atoms with E-state index in [1.54, 1.807) is 24.3 Å². The normalized spacial score (nSPS) is 11.1. The zero-order valence-corrected chi connectivity index (χ0v) is 19.3. The minimum absolute atomic E-state index is 0.125. The van der Waals surface area contributed by atoms with E-state index in [0.717, 1.165) is 59.9 Å². The van der Waals surface area contributed by atoms with E-state index in [1.807, 2.05) is 4.68 Å². The monoisotopic (exact) mass is 480 g/mol. The third kappa shape index (κ3) is 4.90. The number of hydrogen-bond acceptors (Lipinski definition) is 9. The van der Waals surface area contributed by atoms with Gasteiger partial charge in [0.2, 0.25) is 0 Å². The number of hydrogen-bond donors (Lipinski definition) is 1. The lowest BCUT2D eigenvalue weighted by Gasteiger charge is -2.08.